The van der Waals surface area contributed by atoms with Crippen molar-refractivity contribution in [3.63, 3.8) is 0 Å². The summed E-state index contributed by atoms with van der Waals surface area (Å²) in [6.45, 7) is 10.9. The highest BCUT2D eigenvalue weighted by molar-refractivity contribution is 4.88. The molecule has 2 atom stereocenters. The Morgan fingerprint density at radius 2 is 1.94 bits per heavy atom. The van der Waals surface area contributed by atoms with Crippen LogP contribution in [0.2, 0.25) is 0 Å². The molecule has 4 heteroatoms. The maximum atomic E-state index is 5.97. The van der Waals surface area contributed by atoms with E-state index in [0.717, 1.165) is 19.3 Å². The van der Waals surface area contributed by atoms with Gasteiger partial charge in [0.05, 0.1) is 6.61 Å². The fraction of sp³-hybridized carbons (Fsp3) is 1.00. The van der Waals surface area contributed by atoms with Gasteiger partial charge < -0.3 is 10.5 Å². The number of nitrogens with zero attached hydrogens (tertiary/aromatic N) is 2. The Labute approximate surface area is 111 Å². The lowest BCUT2D eigenvalue weighted by Crippen LogP contribution is -2.46. The largest absolute Gasteiger partial charge is 0.380 e. The van der Waals surface area contributed by atoms with Gasteiger partial charge in [-0.05, 0) is 46.2 Å². The molecule has 4 nitrogen and oxygen atoms in total. The van der Waals surface area contributed by atoms with Crippen LogP contribution in [-0.4, -0.2) is 67.3 Å². The van der Waals surface area contributed by atoms with Gasteiger partial charge in [0, 0.05) is 37.8 Å². The number of piperidine rings is 1. The molecule has 2 fully saturated rings. The first-order valence-corrected chi connectivity index (χ1v) is 7.52. The van der Waals surface area contributed by atoms with E-state index in [0.29, 0.717) is 12.1 Å². The van der Waals surface area contributed by atoms with E-state index >= 15 is 0 Å². The highest BCUT2D eigenvalue weighted by Gasteiger charge is 2.31. The molecular formula is C14H29N3O. The van der Waals surface area contributed by atoms with Gasteiger partial charge in [-0.3, -0.25) is 9.80 Å². The molecule has 2 unspecified atom stereocenters. The zero-order valence-electron chi connectivity index (χ0n) is 12.0. The second-order valence-corrected chi connectivity index (χ2v) is 5.82. The van der Waals surface area contributed by atoms with Crippen molar-refractivity contribution in [1.82, 2.24) is 9.80 Å². The van der Waals surface area contributed by atoms with Gasteiger partial charge in [-0.1, -0.05) is 0 Å². The normalized spacial score (nSPS) is 29.8. The summed E-state index contributed by atoms with van der Waals surface area (Å²) >= 11 is 0. The lowest BCUT2D eigenvalue weighted by atomic mass is 10.0. The van der Waals surface area contributed by atoms with Crippen LogP contribution in [0.5, 0.6) is 0 Å². The summed E-state index contributed by atoms with van der Waals surface area (Å²) in [5, 5.41) is 0. The zero-order chi connectivity index (χ0) is 13.0. The summed E-state index contributed by atoms with van der Waals surface area (Å²) in [6, 6.07) is 1.75. The van der Waals surface area contributed by atoms with Crippen LogP contribution in [0, 0.1) is 0 Å². The van der Waals surface area contributed by atoms with Crippen molar-refractivity contribution >= 4 is 0 Å². The molecule has 0 amide bonds. The number of likely N-dealkylation sites (tertiary alicyclic amines) is 2. The number of hydrogen-bond donors (Lipinski definition) is 1. The Kier molecular flexibility index (Phi) is 5.42. The van der Waals surface area contributed by atoms with Crippen molar-refractivity contribution in [2.75, 3.05) is 39.4 Å². The van der Waals surface area contributed by atoms with Crippen molar-refractivity contribution in [1.29, 1.82) is 0 Å². The molecule has 0 bridgehead atoms. The van der Waals surface area contributed by atoms with Crippen molar-refractivity contribution in [2.45, 2.75) is 51.2 Å². The van der Waals surface area contributed by atoms with Gasteiger partial charge in [0.15, 0.2) is 0 Å². The lowest BCUT2D eigenvalue weighted by Gasteiger charge is -2.35. The molecule has 0 aliphatic carbocycles. The molecule has 2 rings (SSSR count). The molecular weight excluding hydrogens is 226 g/mol. The molecule has 2 saturated heterocycles. The number of ether oxygens (including phenoxy) is 1. The Bertz CT molecular complexity index is 241. The molecule has 2 heterocycles. The van der Waals surface area contributed by atoms with Crippen molar-refractivity contribution < 1.29 is 4.74 Å². The van der Waals surface area contributed by atoms with Crippen LogP contribution < -0.4 is 5.73 Å². The molecule has 0 spiro atoms. The van der Waals surface area contributed by atoms with Crippen molar-refractivity contribution in [2.24, 2.45) is 5.73 Å². The Balaban J connectivity index is 1.74. The van der Waals surface area contributed by atoms with Crippen LogP contribution in [0.1, 0.15) is 33.1 Å². The quantitative estimate of drug-likeness (QED) is 0.793. The average molecular weight is 255 g/mol. The first-order valence-electron chi connectivity index (χ1n) is 7.52. The van der Waals surface area contributed by atoms with Crippen LogP contribution in [0.15, 0.2) is 0 Å². The number of rotatable bonds is 5. The predicted octanol–water partition coefficient (Wildman–Crippen LogP) is 0.909. The third kappa shape index (κ3) is 3.67. The number of hydrogen-bond acceptors (Lipinski definition) is 4. The van der Waals surface area contributed by atoms with E-state index in [4.69, 9.17) is 10.5 Å². The summed E-state index contributed by atoms with van der Waals surface area (Å²) in [5.41, 5.74) is 5.97. The molecule has 0 aromatic carbocycles. The Hall–Kier alpha value is -0.160. The van der Waals surface area contributed by atoms with E-state index in [1.54, 1.807) is 0 Å². The van der Waals surface area contributed by atoms with Gasteiger partial charge in [0.2, 0.25) is 0 Å². The average Bonchev–Trinajstić information content (AvgIpc) is 2.86. The van der Waals surface area contributed by atoms with Crippen LogP contribution in [0.3, 0.4) is 0 Å². The predicted molar refractivity (Wildman–Crippen MR) is 74.7 cm³/mol. The first-order chi connectivity index (χ1) is 8.70. The van der Waals surface area contributed by atoms with E-state index in [1.807, 2.05) is 0 Å². The molecule has 0 aromatic heterocycles. The first kappa shape index (κ1) is 14.3. The van der Waals surface area contributed by atoms with Gasteiger partial charge in [0.25, 0.3) is 0 Å². The molecule has 0 aromatic rings. The summed E-state index contributed by atoms with van der Waals surface area (Å²) in [6.07, 6.45) is 3.65. The van der Waals surface area contributed by atoms with Crippen LogP contribution in [-0.2, 0) is 4.74 Å². The molecule has 18 heavy (non-hydrogen) atoms. The lowest BCUT2D eigenvalue weighted by molar-refractivity contribution is 0.0775. The van der Waals surface area contributed by atoms with E-state index in [1.165, 1.54) is 45.4 Å². The Morgan fingerprint density at radius 3 is 2.61 bits per heavy atom. The van der Waals surface area contributed by atoms with Crippen molar-refractivity contribution in [3.8, 4) is 0 Å². The minimum Gasteiger partial charge on any atom is -0.380 e. The third-order valence-corrected chi connectivity index (χ3v) is 4.47. The van der Waals surface area contributed by atoms with Crippen LogP contribution in [0.4, 0.5) is 0 Å². The molecule has 106 valence electrons. The maximum absolute atomic E-state index is 5.97. The minimum absolute atomic E-state index is 0.440. The van der Waals surface area contributed by atoms with E-state index in [2.05, 4.69) is 23.6 Å². The van der Waals surface area contributed by atoms with Crippen molar-refractivity contribution in [3.05, 3.63) is 0 Å². The maximum Gasteiger partial charge on any atom is 0.0619 e. The standard InChI is InChI=1S/C14H29N3O/c1-3-18-11-12(2)17-9-6-14(10-17)16-7-4-13(15)5-8-16/h12-14H,3-11,15H2,1-2H3. The molecule has 0 saturated carbocycles. The summed E-state index contributed by atoms with van der Waals surface area (Å²) < 4.78 is 5.53. The number of nitrogens with two attached hydrogens (primary N) is 1. The highest BCUT2D eigenvalue weighted by Crippen LogP contribution is 2.21. The Morgan fingerprint density at radius 1 is 1.22 bits per heavy atom. The van der Waals surface area contributed by atoms with Gasteiger partial charge in [-0.15, -0.1) is 0 Å². The van der Waals surface area contributed by atoms with E-state index in [9.17, 15) is 0 Å². The SMILES string of the molecule is CCOCC(C)N1CCC(N2CCC(N)CC2)C1. The minimum atomic E-state index is 0.440. The smallest absolute Gasteiger partial charge is 0.0619 e. The topological polar surface area (TPSA) is 41.7 Å². The van der Waals surface area contributed by atoms with E-state index < -0.39 is 0 Å². The second kappa shape index (κ2) is 6.85. The second-order valence-electron chi connectivity index (χ2n) is 5.82. The van der Waals surface area contributed by atoms with Crippen LogP contribution >= 0.6 is 0 Å². The summed E-state index contributed by atoms with van der Waals surface area (Å²) in [5.74, 6) is 0. The molecule has 2 aliphatic rings. The fourth-order valence-electron chi connectivity index (χ4n) is 3.14. The highest BCUT2D eigenvalue weighted by atomic mass is 16.5. The monoisotopic (exact) mass is 255 g/mol. The van der Waals surface area contributed by atoms with Gasteiger partial charge >= 0.3 is 0 Å². The summed E-state index contributed by atoms with van der Waals surface area (Å²) in [7, 11) is 0. The fourth-order valence-corrected chi connectivity index (χ4v) is 3.14. The summed E-state index contributed by atoms with van der Waals surface area (Å²) in [4.78, 5) is 5.23. The van der Waals surface area contributed by atoms with Gasteiger partial charge in [-0.2, -0.15) is 0 Å². The zero-order valence-corrected chi connectivity index (χ0v) is 12.0. The third-order valence-electron chi connectivity index (χ3n) is 4.47. The van der Waals surface area contributed by atoms with Gasteiger partial charge in [0.1, 0.15) is 0 Å². The molecule has 2 N–H and O–H groups in total. The van der Waals surface area contributed by atoms with E-state index in [-0.39, 0.29) is 0 Å². The van der Waals surface area contributed by atoms with Crippen LogP contribution in [0.25, 0.3) is 0 Å². The van der Waals surface area contributed by atoms with Gasteiger partial charge in [-0.25, -0.2) is 0 Å². The molecule has 0 radical (unpaired) electrons. The molecule has 2 aliphatic heterocycles.